The number of nitrogens with zero attached hydrogens (tertiary/aromatic N) is 2. The summed E-state index contributed by atoms with van der Waals surface area (Å²) >= 11 is 0. The van der Waals surface area contributed by atoms with E-state index in [1.165, 1.54) is 0 Å². The maximum Gasteiger partial charge on any atom is 0.257 e. The molecule has 1 fully saturated rings. The second-order valence-electron chi connectivity index (χ2n) is 7.89. The minimum atomic E-state index is -0.0226. The van der Waals surface area contributed by atoms with Gasteiger partial charge in [-0.05, 0) is 50.0 Å². The van der Waals surface area contributed by atoms with Crippen molar-refractivity contribution >= 4 is 5.91 Å². The van der Waals surface area contributed by atoms with E-state index in [0.29, 0.717) is 36.9 Å². The second-order valence-corrected chi connectivity index (χ2v) is 7.89. The standard InChI is InChI=1S/C23H30N2O3/c1-24(2)13-19-12-20(16-26)15-25(14-19)23(27)21-10-6-7-11-22(21)28-17-18-8-4-3-5-9-18/h3-11,19-20,26H,12-17H2,1-2H3/t19-,20+/m1/s1. The van der Waals surface area contributed by atoms with Crippen LogP contribution in [-0.4, -0.2) is 61.2 Å². The van der Waals surface area contributed by atoms with Gasteiger partial charge in [0.15, 0.2) is 0 Å². The third-order valence-electron chi connectivity index (χ3n) is 5.15. The fourth-order valence-electron chi connectivity index (χ4n) is 3.94. The van der Waals surface area contributed by atoms with Crippen LogP contribution < -0.4 is 4.74 Å². The van der Waals surface area contributed by atoms with Crippen LogP contribution >= 0.6 is 0 Å². The molecule has 0 radical (unpaired) electrons. The lowest BCUT2D eigenvalue weighted by atomic mass is 9.89. The molecule has 28 heavy (non-hydrogen) atoms. The van der Waals surface area contributed by atoms with E-state index in [9.17, 15) is 9.90 Å². The minimum Gasteiger partial charge on any atom is -0.488 e. The summed E-state index contributed by atoms with van der Waals surface area (Å²) in [5.74, 6) is 1.07. The van der Waals surface area contributed by atoms with Crippen molar-refractivity contribution in [3.8, 4) is 5.75 Å². The largest absolute Gasteiger partial charge is 0.488 e. The minimum absolute atomic E-state index is 0.0226. The van der Waals surface area contributed by atoms with Gasteiger partial charge in [0.25, 0.3) is 5.91 Å². The van der Waals surface area contributed by atoms with Crippen molar-refractivity contribution in [2.45, 2.75) is 13.0 Å². The number of rotatable bonds is 7. The molecule has 0 aromatic heterocycles. The zero-order chi connectivity index (χ0) is 19.9. The molecule has 2 aromatic carbocycles. The number of para-hydroxylation sites is 1. The smallest absolute Gasteiger partial charge is 0.257 e. The van der Waals surface area contributed by atoms with Gasteiger partial charge in [0.1, 0.15) is 12.4 Å². The number of aliphatic hydroxyl groups excluding tert-OH is 1. The summed E-state index contributed by atoms with van der Waals surface area (Å²) in [4.78, 5) is 17.3. The molecule has 2 atom stereocenters. The number of hydrogen-bond acceptors (Lipinski definition) is 4. The molecule has 1 saturated heterocycles. The molecule has 1 heterocycles. The first kappa shape index (κ1) is 20.4. The number of carbonyl (C=O) groups is 1. The fraction of sp³-hybridized carbons (Fsp3) is 0.435. The van der Waals surface area contributed by atoms with Gasteiger partial charge in [-0.15, -0.1) is 0 Å². The van der Waals surface area contributed by atoms with Crippen LogP contribution in [0.5, 0.6) is 5.75 Å². The normalized spacial score (nSPS) is 19.6. The zero-order valence-corrected chi connectivity index (χ0v) is 16.8. The van der Waals surface area contributed by atoms with E-state index < -0.39 is 0 Å². The molecule has 1 N–H and O–H groups in total. The highest BCUT2D eigenvalue weighted by molar-refractivity contribution is 5.97. The molecule has 3 rings (SSSR count). The summed E-state index contributed by atoms with van der Waals surface area (Å²) in [5.41, 5.74) is 1.65. The molecule has 0 bridgehead atoms. The van der Waals surface area contributed by atoms with Crippen molar-refractivity contribution in [1.82, 2.24) is 9.80 Å². The molecule has 0 spiro atoms. The van der Waals surface area contributed by atoms with E-state index in [2.05, 4.69) is 4.90 Å². The third kappa shape index (κ3) is 5.33. The Balaban J connectivity index is 1.74. The molecular weight excluding hydrogens is 352 g/mol. The van der Waals surface area contributed by atoms with Gasteiger partial charge < -0.3 is 19.6 Å². The highest BCUT2D eigenvalue weighted by Crippen LogP contribution is 2.27. The predicted octanol–water partition coefficient (Wildman–Crippen LogP) is 2.90. The van der Waals surface area contributed by atoms with Crippen LogP contribution in [0.2, 0.25) is 0 Å². The molecule has 1 aliphatic rings. The van der Waals surface area contributed by atoms with Crippen molar-refractivity contribution in [3.05, 3.63) is 65.7 Å². The van der Waals surface area contributed by atoms with Crippen molar-refractivity contribution in [1.29, 1.82) is 0 Å². The number of piperidine rings is 1. The average Bonchev–Trinajstić information content (AvgIpc) is 2.72. The molecule has 1 aliphatic heterocycles. The van der Waals surface area contributed by atoms with Crippen LogP contribution in [0.1, 0.15) is 22.3 Å². The summed E-state index contributed by atoms with van der Waals surface area (Å²) in [5, 5.41) is 9.70. The van der Waals surface area contributed by atoms with E-state index in [-0.39, 0.29) is 18.4 Å². The Kier molecular flexibility index (Phi) is 7.06. The summed E-state index contributed by atoms with van der Waals surface area (Å²) in [7, 11) is 4.09. The van der Waals surface area contributed by atoms with Crippen LogP contribution in [0.25, 0.3) is 0 Å². The summed E-state index contributed by atoms with van der Waals surface area (Å²) in [6.45, 7) is 2.74. The topological polar surface area (TPSA) is 53.0 Å². The summed E-state index contributed by atoms with van der Waals surface area (Å²) in [6.07, 6.45) is 0.949. The molecule has 1 amide bonds. The number of aliphatic hydroxyl groups is 1. The lowest BCUT2D eigenvalue weighted by Crippen LogP contribution is -2.47. The van der Waals surface area contributed by atoms with Crippen molar-refractivity contribution < 1.29 is 14.6 Å². The maximum absolute atomic E-state index is 13.3. The Morgan fingerprint density at radius 2 is 1.75 bits per heavy atom. The highest BCUT2D eigenvalue weighted by Gasteiger charge is 2.31. The monoisotopic (exact) mass is 382 g/mol. The zero-order valence-electron chi connectivity index (χ0n) is 16.8. The quantitative estimate of drug-likeness (QED) is 0.800. The van der Waals surface area contributed by atoms with Gasteiger partial charge in [-0.2, -0.15) is 0 Å². The van der Waals surface area contributed by atoms with E-state index in [0.717, 1.165) is 18.5 Å². The molecule has 5 nitrogen and oxygen atoms in total. The number of hydrogen-bond donors (Lipinski definition) is 1. The predicted molar refractivity (Wildman–Crippen MR) is 110 cm³/mol. The third-order valence-corrected chi connectivity index (χ3v) is 5.15. The Bertz CT molecular complexity index is 763. The Labute approximate surface area is 167 Å². The fourth-order valence-corrected chi connectivity index (χ4v) is 3.94. The van der Waals surface area contributed by atoms with Gasteiger partial charge in [0.2, 0.25) is 0 Å². The highest BCUT2D eigenvalue weighted by atomic mass is 16.5. The number of carbonyl (C=O) groups excluding carboxylic acids is 1. The van der Waals surface area contributed by atoms with Gasteiger partial charge in [-0.3, -0.25) is 4.79 Å². The molecule has 0 unspecified atom stereocenters. The van der Waals surface area contributed by atoms with Gasteiger partial charge in [-0.1, -0.05) is 42.5 Å². The van der Waals surface area contributed by atoms with Crippen LogP contribution in [0.15, 0.2) is 54.6 Å². The Morgan fingerprint density at radius 1 is 1.07 bits per heavy atom. The molecule has 5 heteroatoms. The number of ether oxygens (including phenoxy) is 1. The molecular formula is C23H30N2O3. The SMILES string of the molecule is CN(C)C[C@H]1C[C@H](CO)CN(C(=O)c2ccccc2OCc2ccccc2)C1. The first-order valence-corrected chi connectivity index (χ1v) is 9.87. The number of likely N-dealkylation sites (tertiary alicyclic amines) is 1. The van der Waals surface area contributed by atoms with Crippen LogP contribution in [0.3, 0.4) is 0 Å². The summed E-state index contributed by atoms with van der Waals surface area (Å²) in [6, 6.07) is 17.4. The van der Waals surface area contributed by atoms with Gasteiger partial charge >= 0.3 is 0 Å². The van der Waals surface area contributed by atoms with Crippen LogP contribution in [-0.2, 0) is 6.61 Å². The summed E-state index contributed by atoms with van der Waals surface area (Å²) < 4.78 is 5.97. The maximum atomic E-state index is 13.3. The van der Waals surface area contributed by atoms with E-state index >= 15 is 0 Å². The van der Waals surface area contributed by atoms with Crippen molar-refractivity contribution in [3.63, 3.8) is 0 Å². The Hall–Kier alpha value is -2.37. The van der Waals surface area contributed by atoms with Crippen LogP contribution in [0.4, 0.5) is 0 Å². The van der Waals surface area contributed by atoms with Crippen molar-refractivity contribution in [2.75, 3.05) is 40.3 Å². The van der Waals surface area contributed by atoms with E-state index in [4.69, 9.17) is 4.74 Å². The number of benzene rings is 2. The average molecular weight is 383 g/mol. The molecule has 2 aromatic rings. The van der Waals surface area contributed by atoms with Crippen molar-refractivity contribution in [2.24, 2.45) is 11.8 Å². The lowest BCUT2D eigenvalue weighted by molar-refractivity contribution is 0.0474. The van der Waals surface area contributed by atoms with E-state index in [1.807, 2.05) is 73.6 Å². The molecule has 0 saturated carbocycles. The Morgan fingerprint density at radius 3 is 2.46 bits per heavy atom. The number of amides is 1. The first-order chi connectivity index (χ1) is 13.6. The van der Waals surface area contributed by atoms with Gasteiger partial charge in [-0.25, -0.2) is 0 Å². The molecule has 150 valence electrons. The first-order valence-electron chi connectivity index (χ1n) is 9.87. The second kappa shape index (κ2) is 9.71. The molecule has 0 aliphatic carbocycles. The van der Waals surface area contributed by atoms with Gasteiger partial charge in [0.05, 0.1) is 5.56 Å². The lowest BCUT2D eigenvalue weighted by Gasteiger charge is -2.38. The van der Waals surface area contributed by atoms with Crippen LogP contribution in [0, 0.1) is 11.8 Å². The van der Waals surface area contributed by atoms with Gasteiger partial charge in [0, 0.05) is 26.2 Å². The van der Waals surface area contributed by atoms with E-state index in [1.54, 1.807) is 0 Å².